The van der Waals surface area contributed by atoms with E-state index in [1.165, 1.54) is 10.2 Å². The summed E-state index contributed by atoms with van der Waals surface area (Å²) in [5.74, 6) is -0.484. The van der Waals surface area contributed by atoms with Crippen LogP contribution in [0.3, 0.4) is 0 Å². The van der Waals surface area contributed by atoms with Gasteiger partial charge in [-0.2, -0.15) is 5.10 Å². The molecule has 0 spiro atoms. The molecular formula is C18H24N4O3. The molecule has 3 N–H and O–H groups in total. The van der Waals surface area contributed by atoms with Crippen molar-refractivity contribution < 1.29 is 14.3 Å². The Kier molecular flexibility index (Phi) is 5.46. The number of aromatic nitrogens is 2. The van der Waals surface area contributed by atoms with Gasteiger partial charge in [0.15, 0.2) is 12.3 Å². The first-order valence-corrected chi connectivity index (χ1v) is 8.11. The molecule has 0 bridgehead atoms. The van der Waals surface area contributed by atoms with Gasteiger partial charge in [-0.3, -0.25) is 14.3 Å². The van der Waals surface area contributed by atoms with Gasteiger partial charge in [-0.15, -0.1) is 0 Å². The molecule has 0 aliphatic carbocycles. The largest absolute Gasteiger partial charge is 0.484 e. The van der Waals surface area contributed by atoms with Crippen LogP contribution in [0.15, 0.2) is 30.5 Å². The molecule has 7 nitrogen and oxygen atoms in total. The van der Waals surface area contributed by atoms with E-state index in [4.69, 9.17) is 10.5 Å². The molecule has 0 aliphatic heterocycles. The fourth-order valence-corrected chi connectivity index (χ4v) is 2.24. The third-order valence-electron chi connectivity index (χ3n) is 3.68. The fraction of sp³-hybridized carbons (Fsp3) is 0.389. The van der Waals surface area contributed by atoms with Crippen molar-refractivity contribution in [1.82, 2.24) is 9.78 Å². The normalized spacial score (nSPS) is 11.2. The Hall–Kier alpha value is -2.83. The molecule has 2 aromatic rings. The number of benzene rings is 1. The number of nitrogens with zero attached hydrogens (tertiary/aromatic N) is 2. The molecule has 0 atom stereocenters. The molecule has 1 aromatic carbocycles. The van der Waals surface area contributed by atoms with Crippen LogP contribution < -0.4 is 15.8 Å². The molecule has 2 rings (SSSR count). The van der Waals surface area contributed by atoms with Crippen molar-refractivity contribution in [3.63, 3.8) is 0 Å². The third kappa shape index (κ3) is 4.82. The highest BCUT2D eigenvalue weighted by Crippen LogP contribution is 2.24. The third-order valence-corrected chi connectivity index (χ3v) is 3.68. The number of aryl methyl sites for hydroxylation is 1. The van der Waals surface area contributed by atoms with E-state index in [0.717, 1.165) is 0 Å². The van der Waals surface area contributed by atoms with Crippen LogP contribution in [-0.2, 0) is 16.8 Å². The first-order chi connectivity index (χ1) is 11.7. The zero-order chi connectivity index (χ0) is 18.6. The minimum Gasteiger partial charge on any atom is -0.484 e. The highest BCUT2D eigenvalue weighted by atomic mass is 16.5. The minimum absolute atomic E-state index is 0.0322. The zero-order valence-corrected chi connectivity index (χ0v) is 15.0. The summed E-state index contributed by atoms with van der Waals surface area (Å²) in [4.78, 5) is 23.4. The van der Waals surface area contributed by atoms with E-state index in [1.54, 1.807) is 6.20 Å². The van der Waals surface area contributed by atoms with Gasteiger partial charge in [-0.05, 0) is 30.0 Å². The summed E-state index contributed by atoms with van der Waals surface area (Å²) >= 11 is 0. The molecule has 7 heteroatoms. The average Bonchev–Trinajstić information content (AvgIpc) is 2.95. The minimum atomic E-state index is -0.693. The first kappa shape index (κ1) is 18.5. The smallest absolute Gasteiger partial charge is 0.271 e. The van der Waals surface area contributed by atoms with Gasteiger partial charge in [0.05, 0.1) is 5.69 Å². The predicted molar refractivity (Wildman–Crippen MR) is 95.7 cm³/mol. The topological polar surface area (TPSA) is 99.2 Å². The molecular weight excluding hydrogens is 320 g/mol. The molecule has 2 amide bonds. The zero-order valence-electron chi connectivity index (χ0n) is 15.0. The highest BCUT2D eigenvalue weighted by Gasteiger charge is 2.17. The summed E-state index contributed by atoms with van der Waals surface area (Å²) in [7, 11) is 0. The van der Waals surface area contributed by atoms with Crippen molar-refractivity contribution in [2.24, 2.45) is 5.73 Å². The number of ether oxygens (including phenoxy) is 1. The van der Waals surface area contributed by atoms with E-state index in [1.807, 2.05) is 31.2 Å². The maximum Gasteiger partial charge on any atom is 0.271 e. The predicted octanol–water partition coefficient (Wildman–Crippen LogP) is 2.32. The van der Waals surface area contributed by atoms with E-state index in [-0.39, 0.29) is 23.4 Å². The molecule has 0 fully saturated rings. The van der Waals surface area contributed by atoms with Crippen LogP contribution >= 0.6 is 0 Å². The Bertz CT molecular complexity index is 758. The van der Waals surface area contributed by atoms with Crippen LogP contribution in [0.4, 0.5) is 5.69 Å². The molecule has 0 unspecified atom stereocenters. The molecule has 0 radical (unpaired) electrons. The maximum absolute atomic E-state index is 12.1. The molecule has 0 saturated heterocycles. The Balaban J connectivity index is 1.97. The monoisotopic (exact) mass is 344 g/mol. The number of hydrogen-bond donors (Lipinski definition) is 2. The van der Waals surface area contributed by atoms with E-state index in [9.17, 15) is 9.59 Å². The van der Waals surface area contributed by atoms with Crippen molar-refractivity contribution in [2.75, 3.05) is 11.9 Å². The van der Waals surface area contributed by atoms with Crippen molar-refractivity contribution in [3.8, 4) is 5.75 Å². The van der Waals surface area contributed by atoms with Crippen molar-refractivity contribution in [1.29, 1.82) is 0 Å². The second-order valence-corrected chi connectivity index (χ2v) is 6.72. The summed E-state index contributed by atoms with van der Waals surface area (Å²) < 4.78 is 7.02. The van der Waals surface area contributed by atoms with Gasteiger partial charge in [0, 0.05) is 12.7 Å². The van der Waals surface area contributed by atoms with E-state index < -0.39 is 11.8 Å². The first-order valence-electron chi connectivity index (χ1n) is 8.11. The van der Waals surface area contributed by atoms with Gasteiger partial charge in [-0.25, -0.2) is 0 Å². The van der Waals surface area contributed by atoms with Crippen LogP contribution in [0.25, 0.3) is 0 Å². The number of carbonyl (C=O) groups is 2. The summed E-state index contributed by atoms with van der Waals surface area (Å²) in [6.45, 7) is 8.64. The molecule has 134 valence electrons. The van der Waals surface area contributed by atoms with Crippen LogP contribution in [-0.4, -0.2) is 28.2 Å². The number of rotatable bonds is 6. The van der Waals surface area contributed by atoms with Gasteiger partial charge in [0.2, 0.25) is 0 Å². The lowest BCUT2D eigenvalue weighted by Gasteiger charge is -2.19. The van der Waals surface area contributed by atoms with E-state index in [0.29, 0.717) is 12.3 Å². The summed E-state index contributed by atoms with van der Waals surface area (Å²) in [6, 6.07) is 7.61. The van der Waals surface area contributed by atoms with Crippen LogP contribution in [0.5, 0.6) is 5.75 Å². The van der Waals surface area contributed by atoms with Crippen molar-refractivity contribution in [2.45, 2.75) is 39.7 Å². The summed E-state index contributed by atoms with van der Waals surface area (Å²) in [5.41, 5.74) is 6.83. The number of anilines is 1. The van der Waals surface area contributed by atoms with Gasteiger partial charge >= 0.3 is 0 Å². The Morgan fingerprint density at radius 1 is 1.24 bits per heavy atom. The molecule has 1 heterocycles. The second kappa shape index (κ2) is 7.38. The van der Waals surface area contributed by atoms with Crippen molar-refractivity contribution in [3.05, 3.63) is 41.7 Å². The Morgan fingerprint density at radius 2 is 1.88 bits per heavy atom. The number of carbonyl (C=O) groups excluding carboxylic acids is 2. The van der Waals surface area contributed by atoms with Gasteiger partial charge in [0.1, 0.15) is 5.75 Å². The number of hydrogen-bond acceptors (Lipinski definition) is 4. The van der Waals surface area contributed by atoms with Crippen LogP contribution in [0.1, 0.15) is 43.7 Å². The summed E-state index contributed by atoms with van der Waals surface area (Å²) in [5, 5.41) is 6.62. The molecule has 1 aromatic heterocycles. The fourth-order valence-electron chi connectivity index (χ4n) is 2.24. The van der Waals surface area contributed by atoms with E-state index in [2.05, 4.69) is 31.2 Å². The standard InChI is InChI=1S/C18H24N4O3/c1-5-22-10-14(16(21-22)17(19)24)20-15(23)11-25-13-8-6-12(7-9-13)18(2,3)4/h6-10H,5,11H2,1-4H3,(H2,19,24)(H,20,23). The lowest BCUT2D eigenvalue weighted by atomic mass is 9.87. The van der Waals surface area contributed by atoms with Crippen molar-refractivity contribution >= 4 is 17.5 Å². The lowest BCUT2D eigenvalue weighted by Crippen LogP contribution is -2.22. The van der Waals surface area contributed by atoms with Crippen LogP contribution in [0.2, 0.25) is 0 Å². The Labute approximate surface area is 147 Å². The van der Waals surface area contributed by atoms with Gasteiger partial charge < -0.3 is 15.8 Å². The maximum atomic E-state index is 12.1. The summed E-state index contributed by atoms with van der Waals surface area (Å²) in [6.07, 6.45) is 1.57. The quantitative estimate of drug-likeness (QED) is 0.840. The number of nitrogens with two attached hydrogens (primary N) is 1. The average molecular weight is 344 g/mol. The van der Waals surface area contributed by atoms with Gasteiger partial charge in [-0.1, -0.05) is 32.9 Å². The number of primary amides is 1. The lowest BCUT2D eigenvalue weighted by molar-refractivity contribution is -0.118. The van der Waals surface area contributed by atoms with Crippen LogP contribution in [0, 0.1) is 0 Å². The molecule has 0 saturated carbocycles. The highest BCUT2D eigenvalue weighted by molar-refractivity contribution is 6.01. The van der Waals surface area contributed by atoms with Gasteiger partial charge in [0.25, 0.3) is 11.8 Å². The SMILES string of the molecule is CCn1cc(NC(=O)COc2ccc(C(C)(C)C)cc2)c(C(N)=O)n1. The Morgan fingerprint density at radius 3 is 2.40 bits per heavy atom. The van der Waals surface area contributed by atoms with E-state index >= 15 is 0 Å². The second-order valence-electron chi connectivity index (χ2n) is 6.72. The molecule has 25 heavy (non-hydrogen) atoms. The molecule has 0 aliphatic rings. The number of nitrogens with one attached hydrogen (secondary N) is 1. The number of amides is 2.